The molecule has 0 bridgehead atoms. The van der Waals surface area contributed by atoms with Gasteiger partial charge in [0, 0.05) is 19.9 Å². The molecule has 16 heavy (non-hydrogen) atoms. The highest BCUT2D eigenvalue weighted by Crippen LogP contribution is 2.26. The molecule has 1 aromatic rings. The molecule has 0 aromatic carbocycles. The quantitative estimate of drug-likeness (QED) is 0.828. The van der Waals surface area contributed by atoms with Crippen molar-refractivity contribution < 1.29 is 14.2 Å². The van der Waals surface area contributed by atoms with Gasteiger partial charge in [-0.2, -0.15) is 0 Å². The Morgan fingerprint density at radius 1 is 1.69 bits per heavy atom. The number of halogens is 1. The Hall–Kier alpha value is -1.20. The van der Waals surface area contributed by atoms with Gasteiger partial charge in [-0.15, -0.1) is 0 Å². The Kier molecular flexibility index (Phi) is 3.36. The van der Waals surface area contributed by atoms with Crippen molar-refractivity contribution >= 4 is 5.82 Å². The minimum absolute atomic E-state index is 0.0180. The Balaban J connectivity index is 2.23. The molecule has 1 aliphatic rings. The normalized spacial score (nSPS) is 25.1. The highest BCUT2D eigenvalue weighted by molar-refractivity contribution is 5.42. The van der Waals surface area contributed by atoms with Crippen molar-refractivity contribution in [1.82, 2.24) is 4.98 Å². The molecule has 1 fully saturated rings. The number of anilines is 1. The molecule has 1 aliphatic heterocycles. The van der Waals surface area contributed by atoms with Gasteiger partial charge in [0.25, 0.3) is 0 Å². The van der Waals surface area contributed by atoms with Gasteiger partial charge in [0.15, 0.2) is 11.6 Å². The third kappa shape index (κ3) is 2.01. The first-order valence-electron chi connectivity index (χ1n) is 5.27. The van der Waals surface area contributed by atoms with E-state index >= 15 is 0 Å². The number of methoxy groups -OCH3 is 1. The first-order valence-corrected chi connectivity index (χ1v) is 5.27. The fourth-order valence-electron chi connectivity index (χ4n) is 2.07. The number of aliphatic hydroxyl groups excluding tert-OH is 1. The summed E-state index contributed by atoms with van der Waals surface area (Å²) >= 11 is 0. The molecule has 0 aliphatic carbocycles. The number of pyridine rings is 1. The maximum absolute atomic E-state index is 13.6. The van der Waals surface area contributed by atoms with Crippen LogP contribution < -0.4 is 4.90 Å². The van der Waals surface area contributed by atoms with Gasteiger partial charge in [-0.05, 0) is 18.6 Å². The van der Waals surface area contributed by atoms with E-state index in [0.29, 0.717) is 18.8 Å². The minimum atomic E-state index is -0.363. The fraction of sp³-hybridized carbons (Fsp3) is 0.545. The monoisotopic (exact) mass is 226 g/mol. The highest BCUT2D eigenvalue weighted by Gasteiger charge is 2.33. The lowest BCUT2D eigenvalue weighted by atomic mass is 10.2. The SMILES string of the molecule is CO[C@@H]1C[C@@H](CO)N(c2ncccc2F)C1. The molecule has 5 heteroatoms. The van der Waals surface area contributed by atoms with Crippen molar-refractivity contribution in [2.75, 3.05) is 25.2 Å². The number of nitrogens with zero attached hydrogens (tertiary/aromatic N) is 2. The van der Waals surface area contributed by atoms with Crippen molar-refractivity contribution in [3.63, 3.8) is 0 Å². The smallest absolute Gasteiger partial charge is 0.165 e. The predicted molar refractivity (Wildman–Crippen MR) is 57.8 cm³/mol. The summed E-state index contributed by atoms with van der Waals surface area (Å²) in [5.41, 5.74) is 0. The van der Waals surface area contributed by atoms with Gasteiger partial charge < -0.3 is 14.7 Å². The number of hydrogen-bond donors (Lipinski definition) is 1. The van der Waals surface area contributed by atoms with Crippen molar-refractivity contribution in [3.8, 4) is 0 Å². The lowest BCUT2D eigenvalue weighted by Crippen LogP contribution is -2.33. The zero-order valence-corrected chi connectivity index (χ0v) is 9.14. The molecule has 0 unspecified atom stereocenters. The minimum Gasteiger partial charge on any atom is -0.394 e. The molecule has 0 amide bonds. The Bertz CT molecular complexity index is 362. The molecule has 1 saturated heterocycles. The van der Waals surface area contributed by atoms with Crippen LogP contribution in [0.25, 0.3) is 0 Å². The van der Waals surface area contributed by atoms with Crippen LogP contribution in [0.15, 0.2) is 18.3 Å². The highest BCUT2D eigenvalue weighted by atomic mass is 19.1. The number of rotatable bonds is 3. The Morgan fingerprint density at radius 2 is 2.50 bits per heavy atom. The third-order valence-corrected chi connectivity index (χ3v) is 2.93. The van der Waals surface area contributed by atoms with Gasteiger partial charge in [0.1, 0.15) is 0 Å². The van der Waals surface area contributed by atoms with E-state index < -0.39 is 0 Å². The fourth-order valence-corrected chi connectivity index (χ4v) is 2.07. The van der Waals surface area contributed by atoms with E-state index in [1.54, 1.807) is 24.3 Å². The van der Waals surface area contributed by atoms with Gasteiger partial charge in [0.05, 0.1) is 18.8 Å². The zero-order chi connectivity index (χ0) is 11.5. The van der Waals surface area contributed by atoms with Crippen molar-refractivity contribution in [1.29, 1.82) is 0 Å². The molecule has 1 N–H and O–H groups in total. The standard InChI is InChI=1S/C11H15FN2O2/c1-16-9-5-8(7-15)14(6-9)11-10(12)3-2-4-13-11/h2-4,8-9,15H,5-7H2,1H3/t8-,9+/m0/s1. The van der Waals surface area contributed by atoms with E-state index in [2.05, 4.69) is 4.98 Å². The van der Waals surface area contributed by atoms with E-state index in [4.69, 9.17) is 4.74 Å². The number of aliphatic hydroxyl groups is 1. The predicted octanol–water partition coefficient (Wildman–Crippen LogP) is 0.807. The lowest BCUT2D eigenvalue weighted by molar-refractivity contribution is 0.115. The van der Waals surface area contributed by atoms with Crippen LogP contribution in [0, 0.1) is 5.82 Å². The number of aromatic nitrogens is 1. The molecule has 0 saturated carbocycles. The average Bonchev–Trinajstić information content (AvgIpc) is 2.72. The number of ether oxygens (including phenoxy) is 1. The maximum Gasteiger partial charge on any atom is 0.165 e. The van der Waals surface area contributed by atoms with E-state index in [-0.39, 0.29) is 24.6 Å². The molecule has 2 heterocycles. The van der Waals surface area contributed by atoms with Crippen LogP contribution in [-0.2, 0) is 4.74 Å². The van der Waals surface area contributed by atoms with Crippen LogP contribution in [0.2, 0.25) is 0 Å². The summed E-state index contributed by atoms with van der Waals surface area (Å²) in [5, 5.41) is 9.25. The van der Waals surface area contributed by atoms with E-state index in [1.807, 2.05) is 0 Å². The largest absolute Gasteiger partial charge is 0.394 e. The molecule has 0 spiro atoms. The topological polar surface area (TPSA) is 45.6 Å². The summed E-state index contributed by atoms with van der Waals surface area (Å²) in [6.45, 7) is 0.547. The second kappa shape index (κ2) is 4.76. The molecular weight excluding hydrogens is 211 g/mol. The van der Waals surface area contributed by atoms with E-state index in [1.165, 1.54) is 6.07 Å². The zero-order valence-electron chi connectivity index (χ0n) is 9.14. The van der Waals surface area contributed by atoms with Gasteiger partial charge in [-0.3, -0.25) is 0 Å². The van der Waals surface area contributed by atoms with Crippen LogP contribution in [0.4, 0.5) is 10.2 Å². The molecule has 88 valence electrons. The molecule has 2 rings (SSSR count). The van der Waals surface area contributed by atoms with Crippen LogP contribution >= 0.6 is 0 Å². The summed E-state index contributed by atoms with van der Waals surface area (Å²) in [7, 11) is 1.62. The average molecular weight is 226 g/mol. The Morgan fingerprint density at radius 3 is 3.12 bits per heavy atom. The summed E-state index contributed by atoms with van der Waals surface area (Å²) in [4.78, 5) is 5.78. The second-order valence-electron chi connectivity index (χ2n) is 3.89. The molecular formula is C11H15FN2O2. The number of hydrogen-bond acceptors (Lipinski definition) is 4. The summed E-state index contributed by atoms with van der Waals surface area (Å²) in [5.74, 6) is -0.0706. The van der Waals surface area contributed by atoms with E-state index in [0.717, 1.165) is 0 Å². The molecule has 1 aromatic heterocycles. The second-order valence-corrected chi connectivity index (χ2v) is 3.89. The first-order chi connectivity index (χ1) is 7.76. The third-order valence-electron chi connectivity index (χ3n) is 2.93. The Labute approximate surface area is 93.7 Å². The lowest BCUT2D eigenvalue weighted by Gasteiger charge is -2.23. The van der Waals surface area contributed by atoms with Gasteiger partial charge in [0.2, 0.25) is 0 Å². The van der Waals surface area contributed by atoms with Crippen LogP contribution in [-0.4, -0.2) is 42.5 Å². The summed E-state index contributed by atoms with van der Waals surface area (Å²) < 4.78 is 18.8. The molecule has 0 radical (unpaired) electrons. The van der Waals surface area contributed by atoms with Crippen molar-refractivity contribution in [2.24, 2.45) is 0 Å². The van der Waals surface area contributed by atoms with Gasteiger partial charge in [-0.1, -0.05) is 0 Å². The molecule has 4 nitrogen and oxygen atoms in total. The first kappa shape index (κ1) is 11.3. The summed E-state index contributed by atoms with van der Waals surface area (Å²) in [6.07, 6.45) is 2.27. The van der Waals surface area contributed by atoms with Gasteiger partial charge >= 0.3 is 0 Å². The molecule has 2 atom stereocenters. The summed E-state index contributed by atoms with van der Waals surface area (Å²) in [6, 6.07) is 2.81. The van der Waals surface area contributed by atoms with Gasteiger partial charge in [-0.25, -0.2) is 9.37 Å². The van der Waals surface area contributed by atoms with Crippen LogP contribution in [0.3, 0.4) is 0 Å². The van der Waals surface area contributed by atoms with E-state index in [9.17, 15) is 9.50 Å². The van der Waals surface area contributed by atoms with Crippen molar-refractivity contribution in [2.45, 2.75) is 18.6 Å². The van der Waals surface area contributed by atoms with Crippen LogP contribution in [0.5, 0.6) is 0 Å². The van der Waals surface area contributed by atoms with Crippen LogP contribution in [0.1, 0.15) is 6.42 Å². The van der Waals surface area contributed by atoms with Crippen molar-refractivity contribution in [3.05, 3.63) is 24.1 Å². The maximum atomic E-state index is 13.6.